The average molecular weight is 222 g/mol. The molecule has 14 heavy (non-hydrogen) atoms. The van der Waals surface area contributed by atoms with E-state index in [1.807, 2.05) is 12.3 Å². The van der Waals surface area contributed by atoms with Gasteiger partial charge in [0.05, 0.1) is 7.11 Å². The molecule has 0 amide bonds. The van der Waals surface area contributed by atoms with Gasteiger partial charge in [-0.3, -0.25) is 4.18 Å². The summed E-state index contributed by atoms with van der Waals surface area (Å²) >= 11 is 0. The highest BCUT2D eigenvalue weighted by molar-refractivity contribution is 7.80. The van der Waals surface area contributed by atoms with Gasteiger partial charge in [0, 0.05) is 12.5 Å². The van der Waals surface area contributed by atoms with E-state index in [4.69, 9.17) is 0 Å². The van der Waals surface area contributed by atoms with E-state index in [1.165, 1.54) is 11.3 Å². The van der Waals surface area contributed by atoms with Crippen LogP contribution in [0, 0.1) is 0 Å². The summed E-state index contributed by atoms with van der Waals surface area (Å²) in [6, 6.07) is 0. The molecule has 0 atom stereocenters. The average Bonchev–Trinajstić information content (AvgIpc) is 2.36. The molecule has 0 spiro atoms. The van der Waals surface area contributed by atoms with Gasteiger partial charge in [-0.1, -0.05) is 5.10 Å². The molecule has 2 N–H and O–H groups in total. The van der Waals surface area contributed by atoms with Crippen LogP contribution >= 0.6 is 0 Å². The summed E-state index contributed by atoms with van der Waals surface area (Å²) in [6.45, 7) is 6.20. The maximum absolute atomic E-state index is 9.22. The maximum Gasteiger partial charge on any atom is 0.217 e. The van der Waals surface area contributed by atoms with Crippen molar-refractivity contribution in [2.45, 2.75) is 20.8 Å². The van der Waals surface area contributed by atoms with Crippen LogP contribution < -0.4 is 5.43 Å². The fraction of sp³-hybridized carbons (Fsp3) is 0.571. The highest BCUT2D eigenvalue weighted by atomic mass is 32.3. The molecule has 0 radical (unpaired) electrons. The molecule has 1 aliphatic rings. The molecule has 0 saturated heterocycles. The van der Waals surface area contributed by atoms with Gasteiger partial charge >= 0.3 is 0 Å². The van der Waals surface area contributed by atoms with Gasteiger partial charge < -0.3 is 4.55 Å². The van der Waals surface area contributed by atoms with Gasteiger partial charge in [-0.2, -0.15) is 5.43 Å². The second kappa shape index (κ2) is 5.20. The van der Waals surface area contributed by atoms with E-state index < -0.39 is 10.4 Å². The van der Waals surface area contributed by atoms with Gasteiger partial charge in [0.15, 0.2) is 0 Å². The lowest BCUT2D eigenvalue weighted by Crippen LogP contribution is -2.73. The van der Waals surface area contributed by atoms with E-state index in [2.05, 4.69) is 23.1 Å². The molecule has 0 saturated carbocycles. The van der Waals surface area contributed by atoms with Crippen molar-refractivity contribution in [1.29, 1.82) is 0 Å². The third-order valence-electron chi connectivity index (χ3n) is 1.79. The molecule has 0 unspecified atom stereocenters. The van der Waals surface area contributed by atoms with Crippen molar-refractivity contribution >= 4 is 16.1 Å². The van der Waals surface area contributed by atoms with Gasteiger partial charge in [0.1, 0.15) is 11.4 Å². The minimum Gasteiger partial charge on any atom is -0.726 e. The summed E-state index contributed by atoms with van der Waals surface area (Å²) in [5.74, 6) is 0. The normalized spacial score (nSPS) is 16.2. The van der Waals surface area contributed by atoms with Crippen LogP contribution in [0.25, 0.3) is 0 Å². The Bertz CT molecular complexity index is 350. The minimum absolute atomic E-state index is 0.808. The van der Waals surface area contributed by atoms with Crippen molar-refractivity contribution in [1.82, 2.24) is 0 Å². The van der Waals surface area contributed by atoms with Gasteiger partial charge in [0.25, 0.3) is 0 Å². The highest BCUT2D eigenvalue weighted by Gasteiger charge is 2.10. The molecule has 6 nitrogen and oxygen atoms in total. The van der Waals surface area contributed by atoms with Crippen molar-refractivity contribution < 1.29 is 22.6 Å². The third-order valence-corrected chi connectivity index (χ3v) is 2.20. The van der Waals surface area contributed by atoms with Crippen LogP contribution in [-0.2, 0) is 14.6 Å². The molecule has 0 aliphatic carbocycles. The summed E-state index contributed by atoms with van der Waals surface area (Å²) in [5.41, 5.74) is 5.68. The Morgan fingerprint density at radius 2 is 1.79 bits per heavy atom. The molecule has 0 bridgehead atoms. The van der Waals surface area contributed by atoms with E-state index in [9.17, 15) is 13.0 Å². The minimum atomic E-state index is -4.41. The molecule has 1 rings (SSSR count). The van der Waals surface area contributed by atoms with Crippen molar-refractivity contribution in [2.24, 2.45) is 5.10 Å². The number of nitrogens with two attached hydrogens (primary N) is 1. The molecule has 1 heterocycles. The first-order chi connectivity index (χ1) is 6.28. The zero-order chi connectivity index (χ0) is 11.4. The monoisotopic (exact) mass is 222 g/mol. The predicted octanol–water partition coefficient (Wildman–Crippen LogP) is -0.674. The van der Waals surface area contributed by atoms with Crippen LogP contribution in [0.2, 0.25) is 0 Å². The van der Waals surface area contributed by atoms with Gasteiger partial charge in [-0.15, -0.1) is 0 Å². The lowest BCUT2D eigenvalue weighted by molar-refractivity contribution is -0.608. The van der Waals surface area contributed by atoms with Crippen LogP contribution in [0.4, 0.5) is 0 Å². The molecular weight excluding hydrogens is 208 g/mol. The van der Waals surface area contributed by atoms with Crippen molar-refractivity contribution in [2.75, 3.05) is 7.11 Å². The van der Waals surface area contributed by atoms with E-state index in [0.717, 1.165) is 12.8 Å². The van der Waals surface area contributed by atoms with Crippen molar-refractivity contribution in [3.8, 4) is 0 Å². The summed E-state index contributed by atoms with van der Waals surface area (Å²) in [6.07, 6.45) is 0. The summed E-state index contributed by atoms with van der Waals surface area (Å²) in [7, 11) is -3.60. The number of quaternary nitrogens is 1. The van der Waals surface area contributed by atoms with Gasteiger partial charge in [0.2, 0.25) is 10.4 Å². The van der Waals surface area contributed by atoms with Crippen molar-refractivity contribution in [3.63, 3.8) is 0 Å². The Morgan fingerprint density at radius 3 is 1.86 bits per heavy atom. The molecule has 0 aromatic rings. The summed E-state index contributed by atoms with van der Waals surface area (Å²) in [5, 5.41) is 4.12. The van der Waals surface area contributed by atoms with E-state index in [1.54, 1.807) is 0 Å². The predicted molar refractivity (Wildman–Crippen MR) is 50.1 cm³/mol. The molecule has 1 aliphatic heterocycles. The van der Waals surface area contributed by atoms with Crippen LogP contribution in [0.3, 0.4) is 0 Å². The topological polar surface area (TPSA) is 95.4 Å². The largest absolute Gasteiger partial charge is 0.726 e. The maximum atomic E-state index is 9.22. The number of rotatable bonds is 1. The smallest absolute Gasteiger partial charge is 0.217 e. The number of hydrogen-bond acceptors (Lipinski definition) is 5. The summed E-state index contributed by atoms with van der Waals surface area (Å²) < 4.78 is 31.0. The number of nitrogens with zero attached hydrogens (tertiary/aromatic N) is 1. The SMILES string of the molecule is CC1=N[NH2+]C(C)=C1C.COS(=O)(=O)[O-]. The molecule has 82 valence electrons. The molecule has 0 aromatic heterocycles. The highest BCUT2D eigenvalue weighted by Crippen LogP contribution is 2.01. The van der Waals surface area contributed by atoms with E-state index in [0.29, 0.717) is 0 Å². The van der Waals surface area contributed by atoms with Crippen LogP contribution in [0.15, 0.2) is 16.4 Å². The lowest BCUT2D eigenvalue weighted by Gasteiger charge is -1.98. The molecule has 0 fully saturated rings. The van der Waals surface area contributed by atoms with E-state index in [-0.39, 0.29) is 0 Å². The first-order valence-corrected chi connectivity index (χ1v) is 5.18. The first kappa shape index (κ1) is 13.2. The van der Waals surface area contributed by atoms with Gasteiger partial charge in [-0.05, 0) is 13.8 Å². The van der Waals surface area contributed by atoms with Crippen molar-refractivity contribution in [3.05, 3.63) is 11.3 Å². The van der Waals surface area contributed by atoms with Crippen LogP contribution in [0.5, 0.6) is 0 Å². The zero-order valence-corrected chi connectivity index (χ0v) is 9.38. The second-order valence-electron chi connectivity index (χ2n) is 2.73. The van der Waals surface area contributed by atoms with Gasteiger partial charge in [-0.25, -0.2) is 8.42 Å². The fourth-order valence-electron chi connectivity index (χ4n) is 0.673. The van der Waals surface area contributed by atoms with E-state index >= 15 is 0 Å². The summed E-state index contributed by atoms with van der Waals surface area (Å²) in [4.78, 5) is 0. The van der Waals surface area contributed by atoms with Crippen LogP contribution in [-0.4, -0.2) is 25.8 Å². The number of hydrogen-bond donors (Lipinski definition) is 1. The Kier molecular flexibility index (Phi) is 4.92. The quantitative estimate of drug-likeness (QED) is 0.361. The van der Waals surface area contributed by atoms with Crippen LogP contribution in [0.1, 0.15) is 20.8 Å². The fourth-order valence-corrected chi connectivity index (χ4v) is 0.673. The third kappa shape index (κ3) is 5.07. The molecular formula is C7H14N2O4S. The first-order valence-electron chi connectivity index (χ1n) is 3.85. The lowest BCUT2D eigenvalue weighted by atomic mass is 10.2. The number of allylic oxidation sites excluding steroid dienone is 2. The molecule has 0 aromatic carbocycles. The Balaban J connectivity index is 0.000000255. The standard InChI is InChI=1S/C6H10N2.CH4O4S/c1-4-5(2)7-8-6(4)3;1-5-6(2,3)4/h1-3H3,(H,7,8);1H3,(H,2,3,4). The Morgan fingerprint density at radius 1 is 1.36 bits per heavy atom. The zero-order valence-electron chi connectivity index (χ0n) is 8.57. The Labute approximate surface area is 83.6 Å². The molecule has 7 heteroatoms. The second-order valence-corrected chi connectivity index (χ2v) is 3.88. The Hall–Kier alpha value is -0.760.